The summed E-state index contributed by atoms with van der Waals surface area (Å²) in [5.41, 5.74) is 9.41. The number of ether oxygens (including phenoxy) is 1. The molecule has 0 bridgehead atoms. The molecule has 0 saturated heterocycles. The zero-order valence-corrected chi connectivity index (χ0v) is 14.1. The SMILES string of the molecule is COc1ccccc1-c1cc(Nc2cccc(CN)c2)ncn1.Cl. The van der Waals surface area contributed by atoms with Crippen LogP contribution < -0.4 is 15.8 Å². The lowest BCUT2D eigenvalue weighted by Gasteiger charge is -2.10. The molecule has 1 aromatic heterocycles. The van der Waals surface area contributed by atoms with Crippen molar-refractivity contribution in [1.29, 1.82) is 0 Å². The van der Waals surface area contributed by atoms with Crippen LogP contribution in [-0.2, 0) is 6.54 Å². The van der Waals surface area contributed by atoms with E-state index < -0.39 is 0 Å². The molecule has 0 aliphatic carbocycles. The summed E-state index contributed by atoms with van der Waals surface area (Å²) in [6.45, 7) is 0.506. The number of aromatic nitrogens is 2. The summed E-state index contributed by atoms with van der Waals surface area (Å²) >= 11 is 0. The maximum Gasteiger partial charge on any atom is 0.134 e. The number of methoxy groups -OCH3 is 1. The summed E-state index contributed by atoms with van der Waals surface area (Å²) < 4.78 is 5.39. The van der Waals surface area contributed by atoms with E-state index >= 15 is 0 Å². The number of anilines is 2. The maximum absolute atomic E-state index is 5.68. The van der Waals surface area contributed by atoms with E-state index in [2.05, 4.69) is 15.3 Å². The lowest BCUT2D eigenvalue weighted by molar-refractivity contribution is 0.416. The number of hydrogen-bond donors (Lipinski definition) is 2. The van der Waals surface area contributed by atoms with Crippen LogP contribution in [0.2, 0.25) is 0 Å². The van der Waals surface area contributed by atoms with Gasteiger partial charge in [0.15, 0.2) is 0 Å². The molecule has 5 nitrogen and oxygen atoms in total. The van der Waals surface area contributed by atoms with E-state index in [1.807, 2.05) is 54.6 Å². The van der Waals surface area contributed by atoms with Crippen molar-refractivity contribution in [3.05, 3.63) is 66.5 Å². The van der Waals surface area contributed by atoms with Crippen LogP contribution in [0, 0.1) is 0 Å². The number of nitrogens with one attached hydrogen (secondary N) is 1. The second-order valence-corrected chi connectivity index (χ2v) is 5.02. The van der Waals surface area contributed by atoms with Gasteiger partial charge in [0.2, 0.25) is 0 Å². The largest absolute Gasteiger partial charge is 0.496 e. The molecular weight excluding hydrogens is 324 g/mol. The van der Waals surface area contributed by atoms with Crippen molar-refractivity contribution in [3.63, 3.8) is 0 Å². The highest BCUT2D eigenvalue weighted by Crippen LogP contribution is 2.29. The molecule has 0 spiro atoms. The zero-order chi connectivity index (χ0) is 16.1. The highest BCUT2D eigenvalue weighted by atomic mass is 35.5. The minimum absolute atomic E-state index is 0. The van der Waals surface area contributed by atoms with Gasteiger partial charge >= 0.3 is 0 Å². The summed E-state index contributed by atoms with van der Waals surface area (Å²) in [7, 11) is 1.65. The number of nitrogens with two attached hydrogens (primary N) is 1. The van der Waals surface area contributed by atoms with E-state index in [9.17, 15) is 0 Å². The molecule has 1 heterocycles. The molecule has 2 aromatic carbocycles. The van der Waals surface area contributed by atoms with Crippen LogP contribution >= 0.6 is 12.4 Å². The van der Waals surface area contributed by atoms with E-state index in [1.165, 1.54) is 6.33 Å². The summed E-state index contributed by atoms with van der Waals surface area (Å²) in [6.07, 6.45) is 1.54. The fraction of sp³-hybridized carbons (Fsp3) is 0.111. The molecule has 0 aliphatic heterocycles. The molecule has 0 saturated carbocycles. The predicted molar refractivity (Wildman–Crippen MR) is 98.9 cm³/mol. The third-order valence-electron chi connectivity index (χ3n) is 3.49. The second-order valence-electron chi connectivity index (χ2n) is 5.02. The third kappa shape index (κ3) is 4.01. The molecule has 6 heteroatoms. The Kier molecular flexibility index (Phi) is 6.12. The van der Waals surface area contributed by atoms with Gasteiger partial charge in [-0.25, -0.2) is 9.97 Å². The van der Waals surface area contributed by atoms with Crippen molar-refractivity contribution in [2.75, 3.05) is 12.4 Å². The minimum Gasteiger partial charge on any atom is -0.496 e. The van der Waals surface area contributed by atoms with Gasteiger partial charge in [0, 0.05) is 23.9 Å². The Bertz CT molecular complexity index is 810. The molecule has 0 amide bonds. The van der Waals surface area contributed by atoms with Gasteiger partial charge in [-0.2, -0.15) is 0 Å². The van der Waals surface area contributed by atoms with Gasteiger partial charge in [0.25, 0.3) is 0 Å². The highest BCUT2D eigenvalue weighted by molar-refractivity contribution is 5.85. The zero-order valence-electron chi connectivity index (χ0n) is 13.3. The van der Waals surface area contributed by atoms with Gasteiger partial charge in [-0.05, 0) is 29.8 Å². The third-order valence-corrected chi connectivity index (χ3v) is 3.49. The van der Waals surface area contributed by atoms with Crippen molar-refractivity contribution in [2.45, 2.75) is 6.54 Å². The Hall–Kier alpha value is -2.63. The lowest BCUT2D eigenvalue weighted by Crippen LogP contribution is -1.99. The molecule has 3 aromatic rings. The molecule has 0 fully saturated rings. The summed E-state index contributed by atoms with van der Waals surface area (Å²) in [5, 5.41) is 3.28. The fourth-order valence-electron chi connectivity index (χ4n) is 2.35. The Balaban J connectivity index is 0.00000208. The molecule has 0 radical (unpaired) electrons. The van der Waals surface area contributed by atoms with Gasteiger partial charge in [0.1, 0.15) is 17.9 Å². The second kappa shape index (κ2) is 8.29. The molecule has 0 unspecified atom stereocenters. The monoisotopic (exact) mass is 342 g/mol. The van der Waals surface area contributed by atoms with Crippen LogP contribution in [0.15, 0.2) is 60.9 Å². The van der Waals surface area contributed by atoms with Gasteiger partial charge in [0.05, 0.1) is 12.8 Å². The first-order valence-electron chi connectivity index (χ1n) is 7.31. The lowest BCUT2D eigenvalue weighted by atomic mass is 10.1. The molecule has 3 N–H and O–H groups in total. The number of halogens is 1. The van der Waals surface area contributed by atoms with Crippen molar-refractivity contribution >= 4 is 23.9 Å². The standard InChI is InChI=1S/C18H18N4O.ClH/c1-23-17-8-3-2-7-15(17)16-10-18(21-12-20-16)22-14-6-4-5-13(9-14)11-19;/h2-10,12H,11,19H2,1H3,(H,20,21,22);1H. The first-order chi connectivity index (χ1) is 11.3. The molecule has 0 atom stereocenters. The maximum atomic E-state index is 5.68. The summed E-state index contributed by atoms with van der Waals surface area (Å²) in [5.74, 6) is 1.50. The van der Waals surface area contributed by atoms with E-state index in [1.54, 1.807) is 7.11 Å². The van der Waals surface area contributed by atoms with Crippen LogP contribution in [0.3, 0.4) is 0 Å². The van der Waals surface area contributed by atoms with Gasteiger partial charge in [-0.1, -0.05) is 24.3 Å². The van der Waals surface area contributed by atoms with Crippen LogP contribution in [0.25, 0.3) is 11.3 Å². The number of benzene rings is 2. The normalized spacial score (nSPS) is 9.92. The first kappa shape index (κ1) is 17.7. The van der Waals surface area contributed by atoms with Crippen molar-refractivity contribution < 1.29 is 4.74 Å². The van der Waals surface area contributed by atoms with Gasteiger partial charge in [-0.3, -0.25) is 0 Å². The number of para-hydroxylation sites is 1. The number of nitrogens with zero attached hydrogens (tertiary/aromatic N) is 2. The minimum atomic E-state index is 0. The van der Waals surface area contributed by atoms with Crippen LogP contribution in [0.4, 0.5) is 11.5 Å². The molecule has 24 heavy (non-hydrogen) atoms. The molecule has 124 valence electrons. The van der Waals surface area contributed by atoms with Crippen LogP contribution in [-0.4, -0.2) is 17.1 Å². The average molecular weight is 343 g/mol. The highest BCUT2D eigenvalue weighted by Gasteiger charge is 2.07. The Morgan fingerprint density at radius 1 is 1.04 bits per heavy atom. The number of rotatable bonds is 5. The summed E-state index contributed by atoms with van der Waals surface area (Å²) in [6, 6.07) is 17.6. The van der Waals surface area contributed by atoms with E-state index in [0.29, 0.717) is 6.54 Å². The topological polar surface area (TPSA) is 73.1 Å². The van der Waals surface area contributed by atoms with Crippen molar-refractivity contribution in [3.8, 4) is 17.0 Å². The average Bonchev–Trinajstić information content (AvgIpc) is 2.62. The van der Waals surface area contributed by atoms with Gasteiger partial charge < -0.3 is 15.8 Å². The quantitative estimate of drug-likeness (QED) is 0.738. The fourth-order valence-corrected chi connectivity index (χ4v) is 2.35. The van der Waals surface area contributed by atoms with Gasteiger partial charge in [-0.15, -0.1) is 12.4 Å². The van der Waals surface area contributed by atoms with E-state index in [0.717, 1.165) is 34.1 Å². The first-order valence-corrected chi connectivity index (χ1v) is 7.31. The number of hydrogen-bond acceptors (Lipinski definition) is 5. The van der Waals surface area contributed by atoms with E-state index in [4.69, 9.17) is 10.5 Å². The van der Waals surface area contributed by atoms with Crippen LogP contribution in [0.1, 0.15) is 5.56 Å². The molecule has 0 aliphatic rings. The molecular formula is C18H19ClN4O. The van der Waals surface area contributed by atoms with Crippen molar-refractivity contribution in [2.24, 2.45) is 5.73 Å². The smallest absolute Gasteiger partial charge is 0.134 e. The Morgan fingerprint density at radius 2 is 1.88 bits per heavy atom. The van der Waals surface area contributed by atoms with E-state index in [-0.39, 0.29) is 12.4 Å². The Labute approximate surface area is 147 Å². The van der Waals surface area contributed by atoms with Crippen molar-refractivity contribution in [1.82, 2.24) is 9.97 Å². The van der Waals surface area contributed by atoms with Crippen LogP contribution in [0.5, 0.6) is 5.75 Å². The summed E-state index contributed by atoms with van der Waals surface area (Å²) in [4.78, 5) is 8.62. The Morgan fingerprint density at radius 3 is 2.67 bits per heavy atom. The predicted octanol–water partition coefficient (Wildman–Crippen LogP) is 3.78. The molecule has 3 rings (SSSR count).